The predicted molar refractivity (Wildman–Crippen MR) is 47.8 cm³/mol. The molecule has 0 aliphatic heterocycles. The Hall–Kier alpha value is -0.820. The normalized spacial score (nSPS) is 9.55. The van der Waals surface area contributed by atoms with E-state index in [1.807, 2.05) is 12.1 Å². The summed E-state index contributed by atoms with van der Waals surface area (Å²) in [5.41, 5.74) is 1.03. The third-order valence-electron chi connectivity index (χ3n) is 1.38. The summed E-state index contributed by atoms with van der Waals surface area (Å²) in [6.07, 6.45) is 5.47. The zero-order chi connectivity index (χ0) is 8.10. The molecule has 0 spiro atoms. The Morgan fingerprint density at radius 2 is 2.45 bits per heavy atom. The van der Waals surface area contributed by atoms with Crippen LogP contribution in [0.15, 0.2) is 31.0 Å². The average Bonchev–Trinajstić information content (AvgIpc) is 2.01. The summed E-state index contributed by atoms with van der Waals surface area (Å²) >= 11 is 5.76. The summed E-state index contributed by atoms with van der Waals surface area (Å²) in [5, 5.41) is 0.749. The first-order valence-corrected chi connectivity index (χ1v) is 3.92. The Morgan fingerprint density at radius 3 is 3.09 bits per heavy atom. The summed E-state index contributed by atoms with van der Waals surface area (Å²) in [6.45, 7) is 3.64. The van der Waals surface area contributed by atoms with Gasteiger partial charge < -0.3 is 0 Å². The standard InChI is InChI=1S/C9H10ClN/c1-2-3-4-9-7-8(10)5-6-11-9/h2,5-7H,1,3-4H2. The number of pyridine rings is 1. The number of aromatic nitrogens is 1. The first-order chi connectivity index (χ1) is 5.33. The minimum Gasteiger partial charge on any atom is -0.261 e. The van der Waals surface area contributed by atoms with Crippen molar-refractivity contribution in [1.29, 1.82) is 0 Å². The smallest absolute Gasteiger partial charge is 0.0439 e. The molecule has 0 unspecified atom stereocenters. The van der Waals surface area contributed by atoms with Gasteiger partial charge in [-0.05, 0) is 25.0 Å². The summed E-state index contributed by atoms with van der Waals surface area (Å²) in [4.78, 5) is 4.14. The fourth-order valence-corrected chi connectivity index (χ4v) is 1.02. The maximum absolute atomic E-state index is 5.76. The third-order valence-corrected chi connectivity index (χ3v) is 1.62. The fourth-order valence-electron chi connectivity index (χ4n) is 0.835. The first-order valence-electron chi connectivity index (χ1n) is 3.54. The van der Waals surface area contributed by atoms with Crippen LogP contribution in [0.3, 0.4) is 0 Å². The van der Waals surface area contributed by atoms with E-state index in [4.69, 9.17) is 11.6 Å². The van der Waals surface area contributed by atoms with Crippen molar-refractivity contribution in [3.63, 3.8) is 0 Å². The molecule has 0 amide bonds. The second kappa shape index (κ2) is 4.14. The number of allylic oxidation sites excluding steroid dienone is 1. The Balaban J connectivity index is 2.63. The van der Waals surface area contributed by atoms with Crippen molar-refractivity contribution in [3.05, 3.63) is 41.7 Å². The van der Waals surface area contributed by atoms with Crippen LogP contribution in [0, 0.1) is 0 Å². The highest BCUT2D eigenvalue weighted by atomic mass is 35.5. The van der Waals surface area contributed by atoms with E-state index in [1.165, 1.54) is 0 Å². The largest absolute Gasteiger partial charge is 0.261 e. The molecule has 0 atom stereocenters. The summed E-state index contributed by atoms with van der Waals surface area (Å²) in [7, 11) is 0. The van der Waals surface area contributed by atoms with Crippen LogP contribution in [0.25, 0.3) is 0 Å². The molecule has 11 heavy (non-hydrogen) atoms. The van der Waals surface area contributed by atoms with Crippen LogP contribution in [-0.2, 0) is 6.42 Å². The molecule has 1 aromatic heterocycles. The Morgan fingerprint density at radius 1 is 1.64 bits per heavy atom. The molecule has 58 valence electrons. The molecule has 0 saturated heterocycles. The van der Waals surface area contributed by atoms with Gasteiger partial charge in [-0.3, -0.25) is 4.98 Å². The highest BCUT2D eigenvalue weighted by molar-refractivity contribution is 6.30. The molecule has 1 aromatic rings. The summed E-state index contributed by atoms with van der Waals surface area (Å²) < 4.78 is 0. The molecule has 0 fully saturated rings. The van der Waals surface area contributed by atoms with E-state index in [9.17, 15) is 0 Å². The molecule has 0 aliphatic carbocycles. The maximum Gasteiger partial charge on any atom is 0.0439 e. The zero-order valence-electron chi connectivity index (χ0n) is 6.26. The molecule has 1 heterocycles. The monoisotopic (exact) mass is 167 g/mol. The fraction of sp³-hybridized carbons (Fsp3) is 0.222. The van der Waals surface area contributed by atoms with E-state index in [0.717, 1.165) is 23.6 Å². The second-order valence-corrected chi connectivity index (χ2v) is 2.73. The van der Waals surface area contributed by atoms with Crippen LogP contribution >= 0.6 is 11.6 Å². The van der Waals surface area contributed by atoms with Crippen LogP contribution < -0.4 is 0 Å². The second-order valence-electron chi connectivity index (χ2n) is 2.29. The summed E-state index contributed by atoms with van der Waals surface area (Å²) in [6, 6.07) is 3.66. The molecular weight excluding hydrogens is 158 g/mol. The molecular formula is C9H10ClN. The lowest BCUT2D eigenvalue weighted by atomic mass is 10.2. The van der Waals surface area contributed by atoms with Crippen molar-refractivity contribution in [2.24, 2.45) is 0 Å². The highest BCUT2D eigenvalue weighted by Crippen LogP contribution is 2.09. The molecule has 2 heteroatoms. The molecule has 0 saturated carbocycles. The highest BCUT2D eigenvalue weighted by Gasteiger charge is 1.92. The average molecular weight is 168 g/mol. The van der Waals surface area contributed by atoms with Crippen LogP contribution in [0.2, 0.25) is 5.02 Å². The Bertz CT molecular complexity index is 245. The van der Waals surface area contributed by atoms with Gasteiger partial charge in [-0.25, -0.2) is 0 Å². The van der Waals surface area contributed by atoms with Gasteiger partial charge >= 0.3 is 0 Å². The van der Waals surface area contributed by atoms with E-state index in [1.54, 1.807) is 12.3 Å². The number of nitrogens with zero attached hydrogens (tertiary/aromatic N) is 1. The van der Waals surface area contributed by atoms with Gasteiger partial charge in [0.15, 0.2) is 0 Å². The van der Waals surface area contributed by atoms with Crippen LogP contribution in [0.1, 0.15) is 12.1 Å². The van der Waals surface area contributed by atoms with Gasteiger partial charge in [-0.15, -0.1) is 6.58 Å². The van der Waals surface area contributed by atoms with Crippen molar-refractivity contribution in [2.75, 3.05) is 0 Å². The van der Waals surface area contributed by atoms with Crippen LogP contribution in [-0.4, -0.2) is 4.98 Å². The van der Waals surface area contributed by atoms with Gasteiger partial charge in [-0.2, -0.15) is 0 Å². The van der Waals surface area contributed by atoms with E-state index < -0.39 is 0 Å². The quantitative estimate of drug-likeness (QED) is 0.631. The van der Waals surface area contributed by atoms with E-state index in [2.05, 4.69) is 11.6 Å². The molecule has 0 radical (unpaired) electrons. The Labute approximate surface area is 71.7 Å². The van der Waals surface area contributed by atoms with Crippen LogP contribution in [0.4, 0.5) is 0 Å². The molecule has 0 N–H and O–H groups in total. The maximum atomic E-state index is 5.76. The number of hydrogen-bond donors (Lipinski definition) is 0. The number of halogens is 1. The first kappa shape index (κ1) is 8.28. The van der Waals surface area contributed by atoms with Gasteiger partial charge in [0.2, 0.25) is 0 Å². The third kappa shape index (κ3) is 2.72. The zero-order valence-corrected chi connectivity index (χ0v) is 7.01. The van der Waals surface area contributed by atoms with E-state index in [-0.39, 0.29) is 0 Å². The summed E-state index contributed by atoms with van der Waals surface area (Å²) in [5.74, 6) is 0. The van der Waals surface area contributed by atoms with Crippen molar-refractivity contribution >= 4 is 11.6 Å². The Kier molecular flexibility index (Phi) is 3.12. The van der Waals surface area contributed by atoms with Gasteiger partial charge in [0.1, 0.15) is 0 Å². The van der Waals surface area contributed by atoms with Crippen molar-refractivity contribution in [2.45, 2.75) is 12.8 Å². The van der Waals surface area contributed by atoms with Crippen LogP contribution in [0.5, 0.6) is 0 Å². The predicted octanol–water partition coefficient (Wildman–Crippen LogP) is 2.85. The lowest BCUT2D eigenvalue weighted by Crippen LogP contribution is -1.86. The molecule has 1 rings (SSSR count). The van der Waals surface area contributed by atoms with Crippen molar-refractivity contribution in [3.8, 4) is 0 Å². The molecule has 1 nitrogen and oxygen atoms in total. The van der Waals surface area contributed by atoms with Gasteiger partial charge in [0.25, 0.3) is 0 Å². The number of aryl methyl sites for hydroxylation is 1. The minimum atomic E-state index is 0.749. The topological polar surface area (TPSA) is 12.9 Å². The molecule has 0 aliphatic rings. The van der Waals surface area contributed by atoms with Gasteiger partial charge in [0.05, 0.1) is 0 Å². The SMILES string of the molecule is C=CCCc1cc(Cl)ccn1. The van der Waals surface area contributed by atoms with Crippen molar-refractivity contribution in [1.82, 2.24) is 4.98 Å². The van der Waals surface area contributed by atoms with Gasteiger partial charge in [0, 0.05) is 16.9 Å². The van der Waals surface area contributed by atoms with E-state index in [0.29, 0.717) is 0 Å². The lowest BCUT2D eigenvalue weighted by Gasteiger charge is -1.96. The minimum absolute atomic E-state index is 0.749. The number of hydrogen-bond acceptors (Lipinski definition) is 1. The van der Waals surface area contributed by atoms with Crippen molar-refractivity contribution < 1.29 is 0 Å². The lowest BCUT2D eigenvalue weighted by molar-refractivity contribution is 0.946. The molecule has 0 aromatic carbocycles. The van der Waals surface area contributed by atoms with E-state index >= 15 is 0 Å². The number of rotatable bonds is 3. The van der Waals surface area contributed by atoms with Gasteiger partial charge in [-0.1, -0.05) is 17.7 Å². The molecule has 0 bridgehead atoms.